The van der Waals surface area contributed by atoms with Crippen LogP contribution in [-0.4, -0.2) is 9.97 Å². The van der Waals surface area contributed by atoms with E-state index >= 15 is 0 Å². The third-order valence-corrected chi connectivity index (χ3v) is 5.85. The summed E-state index contributed by atoms with van der Waals surface area (Å²) in [6.45, 7) is 2.12. The minimum Gasteiger partial charge on any atom is -0.264 e. The molecular weight excluding hydrogens is 312 g/mol. The molecule has 114 valence electrons. The number of pyridine rings is 2. The predicted octanol–water partition coefficient (Wildman–Crippen LogP) is 5.97. The number of hydrogen-bond acceptors (Lipinski definition) is 3. The lowest BCUT2D eigenvalue weighted by Crippen LogP contribution is -1.85. The third-order valence-electron chi connectivity index (χ3n) is 4.46. The van der Waals surface area contributed by atoms with Crippen LogP contribution in [0, 0.1) is 6.92 Å². The number of aryl methyl sites for hydroxylation is 1. The second kappa shape index (κ2) is 5.11. The molecule has 24 heavy (non-hydrogen) atoms. The van der Waals surface area contributed by atoms with Crippen LogP contribution < -0.4 is 0 Å². The molecule has 3 aromatic heterocycles. The van der Waals surface area contributed by atoms with Crippen LogP contribution in [0.1, 0.15) is 5.56 Å². The van der Waals surface area contributed by atoms with Crippen LogP contribution in [0.3, 0.4) is 0 Å². The summed E-state index contributed by atoms with van der Waals surface area (Å²) in [4.78, 5) is 9.25. The van der Waals surface area contributed by atoms with E-state index in [4.69, 9.17) is 4.98 Å². The van der Waals surface area contributed by atoms with Crippen LogP contribution in [0.15, 0.2) is 67.0 Å². The first-order chi connectivity index (χ1) is 11.8. The Kier molecular flexibility index (Phi) is 2.91. The van der Waals surface area contributed by atoms with E-state index in [1.807, 2.05) is 35.9 Å². The summed E-state index contributed by atoms with van der Waals surface area (Å²) in [6.07, 6.45) is 3.91. The molecule has 0 aliphatic rings. The summed E-state index contributed by atoms with van der Waals surface area (Å²) in [7, 11) is 0. The summed E-state index contributed by atoms with van der Waals surface area (Å²) >= 11 is 1.84. The Labute approximate surface area is 143 Å². The van der Waals surface area contributed by atoms with Gasteiger partial charge in [-0.2, -0.15) is 0 Å². The van der Waals surface area contributed by atoms with Crippen molar-refractivity contribution in [2.24, 2.45) is 0 Å². The first kappa shape index (κ1) is 13.6. The molecule has 0 fully saturated rings. The first-order valence-corrected chi connectivity index (χ1v) is 8.75. The maximum absolute atomic E-state index is 4.88. The van der Waals surface area contributed by atoms with Gasteiger partial charge in [-0.25, -0.2) is 4.98 Å². The Balaban J connectivity index is 1.85. The predicted molar refractivity (Wildman–Crippen MR) is 103 cm³/mol. The van der Waals surface area contributed by atoms with E-state index in [1.165, 1.54) is 36.7 Å². The second-order valence-corrected chi connectivity index (χ2v) is 7.03. The highest BCUT2D eigenvalue weighted by Gasteiger charge is 2.12. The van der Waals surface area contributed by atoms with Gasteiger partial charge in [0.25, 0.3) is 0 Å². The van der Waals surface area contributed by atoms with E-state index in [-0.39, 0.29) is 0 Å². The van der Waals surface area contributed by atoms with Gasteiger partial charge in [0.15, 0.2) is 0 Å². The largest absolute Gasteiger partial charge is 0.264 e. The molecule has 0 aliphatic carbocycles. The minimum absolute atomic E-state index is 1.02. The molecule has 0 bridgehead atoms. The average Bonchev–Trinajstić information content (AvgIpc) is 3.02. The normalized spacial score (nSPS) is 11.5. The molecule has 0 N–H and O–H groups in total. The molecule has 0 amide bonds. The lowest BCUT2D eigenvalue weighted by atomic mass is 10.1. The number of thiophene rings is 1. The summed E-state index contributed by atoms with van der Waals surface area (Å²) in [6, 6.07) is 19.0. The zero-order valence-electron chi connectivity index (χ0n) is 13.2. The summed E-state index contributed by atoms with van der Waals surface area (Å²) in [5.74, 6) is 0. The van der Waals surface area contributed by atoms with Crippen LogP contribution >= 0.6 is 11.3 Å². The number of hydrogen-bond donors (Lipinski definition) is 0. The molecule has 0 radical (unpaired) electrons. The number of rotatable bonds is 1. The Hall–Kier alpha value is -2.78. The van der Waals surface area contributed by atoms with E-state index in [1.54, 1.807) is 0 Å². The quantitative estimate of drug-likeness (QED) is 0.379. The highest BCUT2D eigenvalue weighted by molar-refractivity contribution is 7.26. The number of para-hydroxylation sites is 1. The molecular formula is C21H14N2S. The number of fused-ring (bicyclic) bond motifs is 4. The van der Waals surface area contributed by atoms with Gasteiger partial charge in [-0.05, 0) is 24.6 Å². The zero-order chi connectivity index (χ0) is 16.1. The van der Waals surface area contributed by atoms with E-state index in [0.29, 0.717) is 0 Å². The topological polar surface area (TPSA) is 25.8 Å². The molecule has 2 aromatic carbocycles. The van der Waals surface area contributed by atoms with Crippen LogP contribution in [0.25, 0.3) is 42.3 Å². The fourth-order valence-electron chi connectivity index (χ4n) is 3.26. The number of benzene rings is 2. The summed E-state index contributed by atoms with van der Waals surface area (Å²) in [5, 5.41) is 3.67. The van der Waals surface area contributed by atoms with E-state index in [0.717, 1.165) is 11.2 Å². The molecule has 3 heteroatoms. The van der Waals surface area contributed by atoms with Gasteiger partial charge in [-0.1, -0.05) is 42.5 Å². The zero-order valence-corrected chi connectivity index (χ0v) is 14.0. The van der Waals surface area contributed by atoms with Crippen molar-refractivity contribution in [2.45, 2.75) is 6.92 Å². The number of aromatic nitrogens is 2. The van der Waals surface area contributed by atoms with Gasteiger partial charge < -0.3 is 0 Å². The van der Waals surface area contributed by atoms with E-state index in [2.05, 4.69) is 54.4 Å². The molecule has 2 nitrogen and oxygen atoms in total. The van der Waals surface area contributed by atoms with Crippen LogP contribution in [0.2, 0.25) is 0 Å². The Morgan fingerprint density at radius 2 is 1.71 bits per heavy atom. The Morgan fingerprint density at radius 1 is 0.792 bits per heavy atom. The second-order valence-electron chi connectivity index (χ2n) is 6.01. The van der Waals surface area contributed by atoms with Gasteiger partial charge in [-0.3, -0.25) is 4.98 Å². The van der Waals surface area contributed by atoms with Crippen molar-refractivity contribution in [1.29, 1.82) is 0 Å². The fraction of sp³-hybridized carbons (Fsp3) is 0.0476. The van der Waals surface area contributed by atoms with Gasteiger partial charge in [-0.15, -0.1) is 11.3 Å². The van der Waals surface area contributed by atoms with Gasteiger partial charge in [0.05, 0.1) is 11.2 Å². The molecule has 3 heterocycles. The molecule has 5 aromatic rings. The molecule has 0 atom stereocenters. The van der Waals surface area contributed by atoms with E-state index in [9.17, 15) is 0 Å². The fourth-order valence-corrected chi connectivity index (χ4v) is 4.52. The van der Waals surface area contributed by atoms with Gasteiger partial charge in [0.2, 0.25) is 0 Å². The van der Waals surface area contributed by atoms with Gasteiger partial charge in [0.1, 0.15) is 0 Å². The number of nitrogens with zero attached hydrogens (tertiary/aromatic N) is 2. The monoisotopic (exact) mass is 326 g/mol. The van der Waals surface area contributed by atoms with Crippen molar-refractivity contribution in [3.05, 3.63) is 72.6 Å². The van der Waals surface area contributed by atoms with Crippen molar-refractivity contribution in [3.63, 3.8) is 0 Å². The van der Waals surface area contributed by atoms with Crippen molar-refractivity contribution in [3.8, 4) is 11.3 Å². The molecule has 0 saturated heterocycles. The van der Waals surface area contributed by atoms with Crippen molar-refractivity contribution < 1.29 is 0 Å². The minimum atomic E-state index is 1.02. The van der Waals surface area contributed by atoms with Crippen molar-refractivity contribution >= 4 is 42.4 Å². The lowest BCUT2D eigenvalue weighted by Gasteiger charge is -2.04. The summed E-state index contributed by atoms with van der Waals surface area (Å²) < 4.78 is 2.60. The van der Waals surface area contributed by atoms with Crippen molar-refractivity contribution in [1.82, 2.24) is 9.97 Å². The molecule has 0 aliphatic heterocycles. The molecule has 5 rings (SSSR count). The maximum Gasteiger partial charge on any atom is 0.0724 e. The maximum atomic E-state index is 4.88. The Morgan fingerprint density at radius 3 is 2.67 bits per heavy atom. The molecule has 0 unspecified atom stereocenters. The van der Waals surface area contributed by atoms with Crippen molar-refractivity contribution in [2.75, 3.05) is 0 Å². The summed E-state index contributed by atoms with van der Waals surface area (Å²) in [5.41, 5.74) is 4.48. The lowest BCUT2D eigenvalue weighted by molar-refractivity contribution is 1.32. The van der Waals surface area contributed by atoms with Gasteiger partial charge in [0, 0.05) is 43.5 Å². The third kappa shape index (κ3) is 1.95. The molecule has 0 spiro atoms. The van der Waals surface area contributed by atoms with E-state index < -0.39 is 0 Å². The van der Waals surface area contributed by atoms with Crippen LogP contribution in [0.4, 0.5) is 0 Å². The Bertz CT molecular complexity index is 1220. The smallest absolute Gasteiger partial charge is 0.0724 e. The highest BCUT2D eigenvalue weighted by atomic mass is 32.1. The van der Waals surface area contributed by atoms with Crippen LogP contribution in [-0.2, 0) is 0 Å². The first-order valence-electron chi connectivity index (χ1n) is 7.93. The van der Waals surface area contributed by atoms with Crippen LogP contribution in [0.5, 0.6) is 0 Å². The molecule has 0 saturated carbocycles. The average molecular weight is 326 g/mol. The van der Waals surface area contributed by atoms with Gasteiger partial charge >= 0.3 is 0 Å². The SMILES string of the molecule is Cc1cncc2c1sc1c(-c3ccc4ccccc4n3)cccc12. The standard InChI is InChI=1S/C21H14N2S/c1-13-11-22-12-17-15-6-4-7-16(21(15)24-20(13)17)19-10-9-14-5-2-3-8-18(14)23-19/h2-12H,1H3. The highest BCUT2D eigenvalue weighted by Crippen LogP contribution is 2.40.